The van der Waals surface area contributed by atoms with E-state index < -0.39 is 0 Å². The van der Waals surface area contributed by atoms with Gasteiger partial charge in [0, 0.05) is 37.0 Å². The number of aromatic hydroxyl groups is 1. The molecule has 122 valence electrons. The Morgan fingerprint density at radius 1 is 1.17 bits per heavy atom. The highest BCUT2D eigenvalue weighted by molar-refractivity contribution is 6.18. The molecule has 2 aromatic carbocycles. The zero-order chi connectivity index (χ0) is 16.2. The highest BCUT2D eigenvalue weighted by Crippen LogP contribution is 2.39. The minimum Gasteiger partial charge on any atom is -0.508 e. The molecule has 0 aromatic heterocycles. The molecule has 3 nitrogen and oxygen atoms in total. The summed E-state index contributed by atoms with van der Waals surface area (Å²) in [6.45, 7) is 2.75. The number of alkyl halides is 1. The van der Waals surface area contributed by atoms with Crippen LogP contribution in [-0.4, -0.2) is 36.1 Å². The molecule has 0 saturated carbocycles. The van der Waals surface area contributed by atoms with Crippen molar-refractivity contribution in [3.63, 3.8) is 0 Å². The van der Waals surface area contributed by atoms with Gasteiger partial charge in [-0.3, -0.25) is 4.90 Å². The number of benzene rings is 2. The molecule has 1 N–H and O–H groups in total. The lowest BCUT2D eigenvalue weighted by molar-refractivity contribution is 0.319. The van der Waals surface area contributed by atoms with Gasteiger partial charge in [-0.1, -0.05) is 30.3 Å². The van der Waals surface area contributed by atoms with Crippen LogP contribution < -0.4 is 4.74 Å². The van der Waals surface area contributed by atoms with Gasteiger partial charge < -0.3 is 9.84 Å². The molecule has 1 saturated heterocycles. The lowest BCUT2D eigenvalue weighted by atomic mass is 9.89. The zero-order valence-electron chi connectivity index (χ0n) is 13.3. The third kappa shape index (κ3) is 3.62. The summed E-state index contributed by atoms with van der Waals surface area (Å²) in [5, 5.41) is 10.3. The van der Waals surface area contributed by atoms with E-state index >= 15 is 0 Å². The van der Waals surface area contributed by atoms with Gasteiger partial charge in [-0.05, 0) is 29.7 Å². The van der Waals surface area contributed by atoms with Crippen molar-refractivity contribution in [1.29, 1.82) is 0 Å². The Morgan fingerprint density at radius 3 is 2.65 bits per heavy atom. The number of halogens is 1. The average molecular weight is 332 g/mol. The third-order valence-electron chi connectivity index (χ3n) is 4.60. The Labute approximate surface area is 142 Å². The Morgan fingerprint density at radius 2 is 1.96 bits per heavy atom. The summed E-state index contributed by atoms with van der Waals surface area (Å²) in [5.41, 5.74) is 2.24. The van der Waals surface area contributed by atoms with Crippen LogP contribution in [0.1, 0.15) is 17.0 Å². The average Bonchev–Trinajstić information content (AvgIpc) is 2.99. The van der Waals surface area contributed by atoms with Crippen LogP contribution in [0.4, 0.5) is 0 Å². The minimum absolute atomic E-state index is 0.228. The van der Waals surface area contributed by atoms with Crippen molar-refractivity contribution in [1.82, 2.24) is 4.90 Å². The number of phenols is 1. The van der Waals surface area contributed by atoms with Crippen LogP contribution in [-0.2, 0) is 6.54 Å². The first kappa shape index (κ1) is 16.2. The zero-order valence-corrected chi connectivity index (χ0v) is 14.0. The van der Waals surface area contributed by atoms with E-state index in [1.165, 1.54) is 5.56 Å². The molecule has 1 fully saturated rings. The van der Waals surface area contributed by atoms with Crippen molar-refractivity contribution in [2.75, 3.05) is 26.1 Å². The van der Waals surface area contributed by atoms with Crippen LogP contribution in [0.5, 0.6) is 11.5 Å². The van der Waals surface area contributed by atoms with Crippen LogP contribution in [0.2, 0.25) is 0 Å². The molecule has 2 aromatic rings. The molecule has 0 bridgehead atoms. The molecule has 1 aliphatic rings. The second kappa shape index (κ2) is 7.24. The van der Waals surface area contributed by atoms with Crippen molar-refractivity contribution in [3.05, 3.63) is 59.7 Å². The van der Waals surface area contributed by atoms with Crippen molar-refractivity contribution in [2.45, 2.75) is 12.5 Å². The highest BCUT2D eigenvalue weighted by Gasteiger charge is 2.34. The number of nitrogens with zero attached hydrogens (tertiary/aromatic N) is 1. The van der Waals surface area contributed by atoms with Gasteiger partial charge in [0.05, 0.1) is 7.11 Å². The molecule has 4 heteroatoms. The number of hydrogen-bond donors (Lipinski definition) is 1. The molecular formula is C19H22ClNO2. The normalized spacial score (nSPS) is 21.5. The molecule has 1 aliphatic heterocycles. The van der Waals surface area contributed by atoms with Crippen LogP contribution >= 0.6 is 11.6 Å². The molecule has 2 atom stereocenters. The fourth-order valence-electron chi connectivity index (χ4n) is 3.40. The lowest BCUT2D eigenvalue weighted by Crippen LogP contribution is -2.20. The maximum Gasteiger partial charge on any atom is 0.119 e. The molecular weight excluding hydrogens is 310 g/mol. The Hall–Kier alpha value is -1.71. The monoisotopic (exact) mass is 331 g/mol. The first-order valence-corrected chi connectivity index (χ1v) is 8.44. The van der Waals surface area contributed by atoms with E-state index in [1.807, 2.05) is 12.1 Å². The van der Waals surface area contributed by atoms with Gasteiger partial charge in [0.2, 0.25) is 0 Å². The van der Waals surface area contributed by atoms with Crippen molar-refractivity contribution < 1.29 is 9.84 Å². The van der Waals surface area contributed by atoms with E-state index in [1.54, 1.807) is 19.2 Å². The Bertz CT molecular complexity index is 647. The predicted octanol–water partition coefficient (Wildman–Crippen LogP) is 3.86. The summed E-state index contributed by atoms with van der Waals surface area (Å²) >= 11 is 6.21. The SMILES string of the molecule is COc1ccc(O)c(C2CN(Cc3ccccc3)CC2CCl)c1. The quantitative estimate of drug-likeness (QED) is 0.845. The van der Waals surface area contributed by atoms with E-state index in [0.29, 0.717) is 17.5 Å². The van der Waals surface area contributed by atoms with Crippen LogP contribution in [0.3, 0.4) is 0 Å². The molecule has 0 amide bonds. The van der Waals surface area contributed by atoms with Crippen molar-refractivity contribution in [2.24, 2.45) is 5.92 Å². The number of rotatable bonds is 5. The molecule has 0 aliphatic carbocycles. The number of ether oxygens (including phenoxy) is 1. The van der Waals surface area contributed by atoms with Gasteiger partial charge >= 0.3 is 0 Å². The number of likely N-dealkylation sites (tertiary alicyclic amines) is 1. The predicted molar refractivity (Wildman–Crippen MR) is 93.3 cm³/mol. The maximum atomic E-state index is 10.3. The van der Waals surface area contributed by atoms with E-state index in [2.05, 4.69) is 29.2 Å². The summed E-state index contributed by atoms with van der Waals surface area (Å²) in [6.07, 6.45) is 0. The Kier molecular flexibility index (Phi) is 5.09. The third-order valence-corrected chi connectivity index (χ3v) is 4.99. The summed E-state index contributed by atoms with van der Waals surface area (Å²) in [7, 11) is 1.64. The largest absolute Gasteiger partial charge is 0.508 e. The van der Waals surface area contributed by atoms with Crippen molar-refractivity contribution in [3.8, 4) is 11.5 Å². The first-order chi connectivity index (χ1) is 11.2. The van der Waals surface area contributed by atoms with E-state index in [0.717, 1.165) is 30.9 Å². The summed E-state index contributed by atoms with van der Waals surface area (Å²) in [4.78, 5) is 2.41. The van der Waals surface area contributed by atoms with Gasteiger partial charge in [-0.15, -0.1) is 11.6 Å². The van der Waals surface area contributed by atoms with Crippen LogP contribution in [0, 0.1) is 5.92 Å². The molecule has 1 heterocycles. The van der Waals surface area contributed by atoms with Gasteiger partial charge in [-0.25, -0.2) is 0 Å². The first-order valence-electron chi connectivity index (χ1n) is 7.90. The van der Waals surface area contributed by atoms with Crippen molar-refractivity contribution >= 4 is 11.6 Å². The summed E-state index contributed by atoms with van der Waals surface area (Å²) in [5.74, 6) is 2.25. The lowest BCUT2D eigenvalue weighted by Gasteiger charge is -2.18. The van der Waals surface area contributed by atoms with Gasteiger partial charge in [-0.2, -0.15) is 0 Å². The molecule has 2 unspecified atom stereocenters. The van der Waals surface area contributed by atoms with Gasteiger partial charge in [0.15, 0.2) is 0 Å². The smallest absolute Gasteiger partial charge is 0.119 e. The van der Waals surface area contributed by atoms with Crippen LogP contribution in [0.15, 0.2) is 48.5 Å². The topological polar surface area (TPSA) is 32.7 Å². The molecule has 23 heavy (non-hydrogen) atoms. The minimum atomic E-state index is 0.228. The van der Waals surface area contributed by atoms with Crippen LogP contribution in [0.25, 0.3) is 0 Å². The standard InChI is InChI=1S/C19H22ClNO2/c1-23-16-7-8-19(22)17(9-16)18-13-21(12-15(18)10-20)11-14-5-3-2-4-6-14/h2-9,15,18,22H,10-13H2,1H3. The summed E-state index contributed by atoms with van der Waals surface area (Å²) < 4.78 is 5.30. The second-order valence-electron chi connectivity index (χ2n) is 6.13. The molecule has 3 rings (SSSR count). The van der Waals surface area contributed by atoms with E-state index in [4.69, 9.17) is 16.3 Å². The van der Waals surface area contributed by atoms with E-state index in [-0.39, 0.29) is 5.92 Å². The fourth-order valence-corrected chi connectivity index (χ4v) is 3.71. The number of hydrogen-bond acceptors (Lipinski definition) is 3. The Balaban J connectivity index is 1.79. The molecule has 0 radical (unpaired) electrons. The highest BCUT2D eigenvalue weighted by atomic mass is 35.5. The molecule has 0 spiro atoms. The maximum absolute atomic E-state index is 10.3. The number of phenolic OH excluding ortho intramolecular Hbond substituents is 1. The summed E-state index contributed by atoms with van der Waals surface area (Å²) in [6, 6.07) is 15.9. The second-order valence-corrected chi connectivity index (χ2v) is 6.43. The van der Waals surface area contributed by atoms with E-state index in [9.17, 15) is 5.11 Å². The number of methoxy groups -OCH3 is 1. The fraction of sp³-hybridized carbons (Fsp3) is 0.368. The van der Waals surface area contributed by atoms with Gasteiger partial charge in [0.25, 0.3) is 0 Å². The van der Waals surface area contributed by atoms with Gasteiger partial charge in [0.1, 0.15) is 11.5 Å².